The largest absolute Gasteiger partial charge is 0.414 e. The lowest BCUT2D eigenvalue weighted by Gasteiger charge is -2.08. The van der Waals surface area contributed by atoms with Crippen molar-refractivity contribution >= 4 is 16.8 Å². The number of aromatic amines is 1. The van der Waals surface area contributed by atoms with Crippen molar-refractivity contribution in [1.82, 2.24) is 10.5 Å². The minimum absolute atomic E-state index is 0.215. The first-order valence-electron chi connectivity index (χ1n) is 5.02. The van der Waals surface area contributed by atoms with E-state index in [-0.39, 0.29) is 5.56 Å². The van der Waals surface area contributed by atoms with Crippen molar-refractivity contribution in [3.63, 3.8) is 0 Å². The predicted octanol–water partition coefficient (Wildman–Crippen LogP) is 2.39. The minimum Gasteiger partial charge on any atom is -0.361 e. The molecule has 0 bridgehead atoms. The highest BCUT2D eigenvalue weighted by Crippen LogP contribution is 2.15. The SMILES string of the molecule is O=C(NOCC(F)(F)F)c1ccc2cc[nH]c2c1. The Labute approximate surface area is 99.7 Å². The molecule has 2 N–H and O–H groups in total. The van der Waals surface area contributed by atoms with Crippen molar-refractivity contribution in [2.24, 2.45) is 0 Å². The quantitative estimate of drug-likeness (QED) is 0.830. The molecule has 0 fully saturated rings. The van der Waals surface area contributed by atoms with Gasteiger partial charge in [-0.1, -0.05) is 6.07 Å². The standard InChI is InChI=1S/C11H9F3N2O2/c12-11(13,14)6-18-16-10(17)8-2-1-7-3-4-15-9(7)5-8/h1-5,15H,6H2,(H,16,17). The van der Waals surface area contributed by atoms with Crippen LogP contribution in [-0.2, 0) is 4.84 Å². The van der Waals surface area contributed by atoms with Gasteiger partial charge in [0, 0.05) is 17.3 Å². The third-order valence-electron chi connectivity index (χ3n) is 2.22. The molecule has 0 unspecified atom stereocenters. The second kappa shape index (κ2) is 4.69. The second-order valence-corrected chi connectivity index (χ2v) is 3.61. The van der Waals surface area contributed by atoms with E-state index in [9.17, 15) is 18.0 Å². The minimum atomic E-state index is -4.48. The topological polar surface area (TPSA) is 54.1 Å². The number of carbonyl (C=O) groups is 1. The van der Waals surface area contributed by atoms with Crippen LogP contribution >= 0.6 is 0 Å². The molecular formula is C11H9F3N2O2. The fourth-order valence-electron chi connectivity index (χ4n) is 1.43. The summed E-state index contributed by atoms with van der Waals surface area (Å²) < 4.78 is 35.4. The molecule has 18 heavy (non-hydrogen) atoms. The lowest BCUT2D eigenvalue weighted by molar-refractivity contribution is -0.184. The zero-order valence-electron chi connectivity index (χ0n) is 9.04. The number of fused-ring (bicyclic) bond motifs is 1. The number of amides is 1. The van der Waals surface area contributed by atoms with E-state index in [2.05, 4.69) is 9.82 Å². The molecule has 0 saturated carbocycles. The van der Waals surface area contributed by atoms with Gasteiger partial charge in [0.25, 0.3) is 5.91 Å². The van der Waals surface area contributed by atoms with Crippen molar-refractivity contribution in [3.8, 4) is 0 Å². The molecule has 1 heterocycles. The average molecular weight is 258 g/mol. The van der Waals surface area contributed by atoms with E-state index < -0.39 is 18.7 Å². The Bertz CT molecular complexity index is 563. The third kappa shape index (κ3) is 3.01. The molecule has 1 amide bonds. The lowest BCUT2D eigenvalue weighted by atomic mass is 10.1. The first-order chi connectivity index (χ1) is 8.46. The number of carbonyl (C=O) groups excluding carboxylic acids is 1. The van der Waals surface area contributed by atoms with Crippen LogP contribution in [0.4, 0.5) is 13.2 Å². The first-order valence-corrected chi connectivity index (χ1v) is 5.02. The number of aromatic nitrogens is 1. The number of hydroxylamine groups is 1. The summed E-state index contributed by atoms with van der Waals surface area (Å²) in [5.74, 6) is -0.726. The van der Waals surface area contributed by atoms with E-state index in [1.54, 1.807) is 17.7 Å². The Morgan fingerprint density at radius 1 is 1.33 bits per heavy atom. The van der Waals surface area contributed by atoms with Gasteiger partial charge in [-0.15, -0.1) is 0 Å². The maximum Gasteiger partial charge on any atom is 0.414 e. The Balaban J connectivity index is 2.00. The number of alkyl halides is 3. The number of benzene rings is 1. The van der Waals surface area contributed by atoms with Gasteiger partial charge in [-0.25, -0.2) is 5.48 Å². The number of nitrogens with one attached hydrogen (secondary N) is 2. The summed E-state index contributed by atoms with van der Waals surface area (Å²) in [5.41, 5.74) is 2.68. The van der Waals surface area contributed by atoms with Gasteiger partial charge in [0.15, 0.2) is 6.61 Å². The average Bonchev–Trinajstić information content (AvgIpc) is 2.73. The highest BCUT2D eigenvalue weighted by atomic mass is 19.4. The monoisotopic (exact) mass is 258 g/mol. The Morgan fingerprint density at radius 2 is 2.11 bits per heavy atom. The smallest absolute Gasteiger partial charge is 0.361 e. The van der Waals surface area contributed by atoms with E-state index in [1.165, 1.54) is 12.1 Å². The predicted molar refractivity (Wildman–Crippen MR) is 57.8 cm³/mol. The maximum atomic E-state index is 11.8. The summed E-state index contributed by atoms with van der Waals surface area (Å²) >= 11 is 0. The number of halogens is 3. The fraction of sp³-hybridized carbons (Fsp3) is 0.182. The van der Waals surface area contributed by atoms with Crippen molar-refractivity contribution in [2.45, 2.75) is 6.18 Å². The maximum absolute atomic E-state index is 11.8. The molecule has 0 saturated heterocycles. The molecule has 0 radical (unpaired) electrons. The highest BCUT2D eigenvalue weighted by molar-refractivity contribution is 5.97. The van der Waals surface area contributed by atoms with Crippen molar-refractivity contribution in [1.29, 1.82) is 0 Å². The molecule has 2 rings (SSSR count). The van der Waals surface area contributed by atoms with Crippen LogP contribution in [0.5, 0.6) is 0 Å². The van der Waals surface area contributed by atoms with Crippen LogP contribution in [0, 0.1) is 0 Å². The summed E-state index contributed by atoms with van der Waals surface area (Å²) in [4.78, 5) is 18.4. The van der Waals surface area contributed by atoms with E-state index in [1.807, 2.05) is 6.07 Å². The first kappa shape index (κ1) is 12.4. The van der Waals surface area contributed by atoms with Crippen LogP contribution in [0.2, 0.25) is 0 Å². The molecule has 0 aliphatic heterocycles. The molecule has 2 aromatic rings. The molecule has 0 atom stereocenters. The number of H-pyrrole nitrogens is 1. The Morgan fingerprint density at radius 3 is 2.83 bits per heavy atom. The van der Waals surface area contributed by atoms with Crippen LogP contribution in [-0.4, -0.2) is 23.7 Å². The summed E-state index contributed by atoms with van der Waals surface area (Å²) in [7, 11) is 0. The van der Waals surface area contributed by atoms with Crippen LogP contribution in [0.25, 0.3) is 10.9 Å². The third-order valence-corrected chi connectivity index (χ3v) is 2.22. The summed E-state index contributed by atoms with van der Waals surface area (Å²) in [6, 6.07) is 6.53. The fourth-order valence-corrected chi connectivity index (χ4v) is 1.43. The Kier molecular flexibility index (Phi) is 3.24. The van der Waals surface area contributed by atoms with Crippen molar-refractivity contribution in [3.05, 3.63) is 36.0 Å². The summed E-state index contributed by atoms with van der Waals surface area (Å²) in [5, 5.41) is 0.905. The Hall–Kier alpha value is -2.02. The van der Waals surface area contributed by atoms with Crippen molar-refractivity contribution in [2.75, 3.05) is 6.61 Å². The molecular weight excluding hydrogens is 249 g/mol. The zero-order valence-corrected chi connectivity index (χ0v) is 9.04. The van der Waals surface area contributed by atoms with E-state index in [0.29, 0.717) is 0 Å². The van der Waals surface area contributed by atoms with Gasteiger partial charge in [0.1, 0.15) is 0 Å². The molecule has 96 valence electrons. The van der Waals surface area contributed by atoms with Gasteiger partial charge >= 0.3 is 6.18 Å². The van der Waals surface area contributed by atoms with Gasteiger partial charge in [-0.05, 0) is 23.6 Å². The lowest BCUT2D eigenvalue weighted by Crippen LogP contribution is -2.29. The van der Waals surface area contributed by atoms with Crippen LogP contribution in [0.3, 0.4) is 0 Å². The van der Waals surface area contributed by atoms with Crippen LogP contribution in [0.1, 0.15) is 10.4 Å². The molecule has 1 aromatic carbocycles. The van der Waals surface area contributed by atoms with E-state index in [4.69, 9.17) is 0 Å². The van der Waals surface area contributed by atoms with Gasteiger partial charge in [0.2, 0.25) is 0 Å². The van der Waals surface area contributed by atoms with Gasteiger partial charge < -0.3 is 4.98 Å². The molecule has 1 aromatic heterocycles. The van der Waals surface area contributed by atoms with Gasteiger partial charge in [0.05, 0.1) is 0 Å². The zero-order chi connectivity index (χ0) is 13.2. The van der Waals surface area contributed by atoms with Crippen LogP contribution in [0.15, 0.2) is 30.5 Å². The second-order valence-electron chi connectivity index (χ2n) is 3.61. The molecule has 4 nitrogen and oxygen atoms in total. The van der Waals surface area contributed by atoms with E-state index in [0.717, 1.165) is 10.9 Å². The van der Waals surface area contributed by atoms with Gasteiger partial charge in [-0.3, -0.25) is 9.63 Å². The summed E-state index contributed by atoms with van der Waals surface area (Å²) in [6.45, 7) is -1.52. The molecule has 0 spiro atoms. The van der Waals surface area contributed by atoms with Crippen molar-refractivity contribution < 1.29 is 22.8 Å². The van der Waals surface area contributed by atoms with E-state index >= 15 is 0 Å². The molecule has 0 aliphatic rings. The number of hydrogen-bond acceptors (Lipinski definition) is 2. The highest BCUT2D eigenvalue weighted by Gasteiger charge is 2.28. The molecule has 0 aliphatic carbocycles. The number of rotatable bonds is 3. The molecule has 7 heteroatoms. The van der Waals surface area contributed by atoms with Crippen LogP contribution < -0.4 is 5.48 Å². The normalized spacial score (nSPS) is 11.7. The van der Waals surface area contributed by atoms with Gasteiger partial charge in [-0.2, -0.15) is 13.2 Å². The number of hydrogen-bond donors (Lipinski definition) is 2. The summed E-state index contributed by atoms with van der Waals surface area (Å²) in [6.07, 6.45) is -2.77.